The van der Waals surface area contributed by atoms with Crippen LogP contribution in [0.2, 0.25) is 0 Å². The Hall–Kier alpha value is -2.26. The third-order valence-electron chi connectivity index (χ3n) is 2.90. The van der Waals surface area contributed by atoms with Gasteiger partial charge in [-0.1, -0.05) is 6.07 Å². The standard InChI is InChI=1S/C12H14N4O4S/c1-21(19,20)10-4-2-3-9(12(10)16(17)18)15-8-7-14-11(15)5-6-13/h2-4,7-8H,5-6,13H2,1H3. The Balaban J connectivity index is 2.75. The van der Waals surface area contributed by atoms with Crippen molar-refractivity contribution in [1.29, 1.82) is 0 Å². The Kier molecular flexibility index (Phi) is 4.05. The Morgan fingerprint density at radius 1 is 1.43 bits per heavy atom. The van der Waals surface area contributed by atoms with Gasteiger partial charge in [-0.25, -0.2) is 13.4 Å². The molecule has 0 unspecified atom stereocenters. The maximum Gasteiger partial charge on any atom is 0.311 e. The molecule has 0 bridgehead atoms. The molecule has 1 aromatic heterocycles. The van der Waals surface area contributed by atoms with Gasteiger partial charge in [0.1, 0.15) is 16.4 Å². The van der Waals surface area contributed by atoms with Crippen LogP contribution in [0.25, 0.3) is 5.69 Å². The number of hydrogen-bond donors (Lipinski definition) is 1. The van der Waals surface area contributed by atoms with Crippen molar-refractivity contribution < 1.29 is 13.3 Å². The average Bonchev–Trinajstić information content (AvgIpc) is 2.85. The van der Waals surface area contributed by atoms with Crippen LogP contribution in [0, 0.1) is 10.1 Å². The number of nitrogens with zero attached hydrogens (tertiary/aromatic N) is 3. The maximum absolute atomic E-state index is 11.7. The number of nitro groups is 1. The minimum Gasteiger partial charge on any atom is -0.330 e. The summed E-state index contributed by atoms with van der Waals surface area (Å²) in [5.74, 6) is 0.534. The number of rotatable bonds is 5. The maximum atomic E-state index is 11.7. The molecule has 21 heavy (non-hydrogen) atoms. The van der Waals surface area contributed by atoms with E-state index in [4.69, 9.17) is 5.73 Å². The SMILES string of the molecule is CS(=O)(=O)c1cccc(-n2ccnc2CCN)c1[N+](=O)[O-]. The van der Waals surface area contributed by atoms with Crippen molar-refractivity contribution in [3.05, 3.63) is 46.5 Å². The van der Waals surface area contributed by atoms with Crippen molar-refractivity contribution in [3.8, 4) is 5.69 Å². The molecule has 9 heteroatoms. The number of imidazole rings is 1. The highest BCUT2D eigenvalue weighted by Gasteiger charge is 2.27. The fraction of sp³-hybridized carbons (Fsp3) is 0.250. The first-order valence-electron chi connectivity index (χ1n) is 6.06. The Morgan fingerprint density at radius 3 is 2.71 bits per heavy atom. The third-order valence-corrected chi connectivity index (χ3v) is 4.03. The molecule has 0 amide bonds. The van der Waals surface area contributed by atoms with E-state index >= 15 is 0 Å². The van der Waals surface area contributed by atoms with E-state index in [1.165, 1.54) is 29.0 Å². The van der Waals surface area contributed by atoms with Crippen molar-refractivity contribution in [2.24, 2.45) is 5.73 Å². The second-order valence-electron chi connectivity index (χ2n) is 4.41. The van der Waals surface area contributed by atoms with Crippen LogP contribution in [-0.2, 0) is 16.3 Å². The quantitative estimate of drug-likeness (QED) is 0.640. The van der Waals surface area contributed by atoms with Crippen LogP contribution in [-0.4, -0.2) is 35.7 Å². The van der Waals surface area contributed by atoms with Crippen molar-refractivity contribution in [1.82, 2.24) is 9.55 Å². The molecule has 112 valence electrons. The first-order chi connectivity index (χ1) is 9.86. The molecule has 0 saturated heterocycles. The van der Waals surface area contributed by atoms with Crippen LogP contribution in [0.1, 0.15) is 5.82 Å². The number of hydrogen-bond acceptors (Lipinski definition) is 6. The van der Waals surface area contributed by atoms with Gasteiger partial charge in [0, 0.05) is 25.1 Å². The number of sulfone groups is 1. The Labute approximate surface area is 121 Å². The molecule has 0 aliphatic carbocycles. The minimum atomic E-state index is -3.72. The number of aromatic nitrogens is 2. The van der Waals surface area contributed by atoms with Gasteiger partial charge < -0.3 is 5.73 Å². The minimum absolute atomic E-state index is 0.156. The summed E-state index contributed by atoms with van der Waals surface area (Å²) in [6, 6.07) is 4.16. The molecular formula is C12H14N4O4S. The molecule has 0 aliphatic heterocycles. The fourth-order valence-electron chi connectivity index (χ4n) is 2.06. The number of nitro benzene ring substituents is 1. The van der Waals surface area contributed by atoms with E-state index in [0.717, 1.165) is 6.26 Å². The molecule has 0 atom stereocenters. The van der Waals surface area contributed by atoms with Crippen LogP contribution in [0.15, 0.2) is 35.5 Å². The smallest absolute Gasteiger partial charge is 0.311 e. The van der Waals surface area contributed by atoms with E-state index in [-0.39, 0.29) is 10.6 Å². The second-order valence-corrected chi connectivity index (χ2v) is 6.39. The summed E-state index contributed by atoms with van der Waals surface area (Å²) in [4.78, 5) is 14.4. The number of nitrogens with two attached hydrogens (primary N) is 1. The summed E-state index contributed by atoms with van der Waals surface area (Å²) in [5.41, 5.74) is 5.18. The summed E-state index contributed by atoms with van der Waals surface area (Å²) < 4.78 is 25.0. The Morgan fingerprint density at radius 2 is 2.14 bits per heavy atom. The van der Waals surface area contributed by atoms with Crippen molar-refractivity contribution in [3.63, 3.8) is 0 Å². The highest BCUT2D eigenvalue weighted by molar-refractivity contribution is 7.90. The molecule has 0 aliphatic rings. The molecule has 0 saturated carbocycles. The van der Waals surface area contributed by atoms with Crippen LogP contribution < -0.4 is 5.73 Å². The van der Waals surface area contributed by atoms with Gasteiger partial charge in [0.15, 0.2) is 9.84 Å². The fourth-order valence-corrected chi connectivity index (χ4v) is 2.91. The highest BCUT2D eigenvalue weighted by Crippen LogP contribution is 2.31. The zero-order chi connectivity index (χ0) is 15.6. The predicted molar refractivity (Wildman–Crippen MR) is 76.1 cm³/mol. The van der Waals surface area contributed by atoms with E-state index in [2.05, 4.69) is 4.98 Å². The molecule has 2 rings (SSSR count). The van der Waals surface area contributed by atoms with Gasteiger partial charge in [-0.15, -0.1) is 0 Å². The number of benzene rings is 1. The van der Waals surface area contributed by atoms with Gasteiger partial charge in [-0.05, 0) is 18.7 Å². The van der Waals surface area contributed by atoms with E-state index in [1.54, 1.807) is 6.20 Å². The van der Waals surface area contributed by atoms with Crippen LogP contribution >= 0.6 is 0 Å². The van der Waals surface area contributed by atoms with Gasteiger partial charge in [0.25, 0.3) is 0 Å². The van der Waals surface area contributed by atoms with Crippen LogP contribution in [0.3, 0.4) is 0 Å². The summed E-state index contributed by atoms with van der Waals surface area (Å²) in [5, 5.41) is 11.3. The largest absolute Gasteiger partial charge is 0.330 e. The topological polar surface area (TPSA) is 121 Å². The average molecular weight is 310 g/mol. The zero-order valence-corrected chi connectivity index (χ0v) is 12.1. The lowest BCUT2D eigenvalue weighted by Crippen LogP contribution is -2.11. The predicted octanol–water partition coefficient (Wildman–Crippen LogP) is 0.685. The van der Waals surface area contributed by atoms with Gasteiger partial charge in [-0.2, -0.15) is 0 Å². The summed E-state index contributed by atoms with van der Waals surface area (Å²) in [6.45, 7) is 0.330. The van der Waals surface area contributed by atoms with Crippen LogP contribution in [0.5, 0.6) is 0 Å². The van der Waals surface area contributed by atoms with Crippen molar-refractivity contribution in [2.45, 2.75) is 11.3 Å². The van der Waals surface area contributed by atoms with Gasteiger partial charge in [0.2, 0.25) is 0 Å². The van der Waals surface area contributed by atoms with Crippen LogP contribution in [0.4, 0.5) is 5.69 Å². The molecule has 2 aromatic rings. The van der Waals surface area contributed by atoms with Gasteiger partial charge in [-0.3, -0.25) is 14.7 Å². The summed E-state index contributed by atoms with van der Waals surface area (Å²) >= 11 is 0. The molecular weight excluding hydrogens is 296 g/mol. The van der Waals surface area contributed by atoms with Crippen molar-refractivity contribution in [2.75, 3.05) is 12.8 Å². The lowest BCUT2D eigenvalue weighted by molar-refractivity contribution is -0.387. The summed E-state index contributed by atoms with van der Waals surface area (Å²) in [6.07, 6.45) is 4.39. The lowest BCUT2D eigenvalue weighted by atomic mass is 10.2. The van der Waals surface area contributed by atoms with Crippen molar-refractivity contribution >= 4 is 15.5 Å². The molecule has 0 spiro atoms. The molecule has 8 nitrogen and oxygen atoms in total. The Bertz CT molecular complexity index is 782. The first kappa shape index (κ1) is 15.1. The molecule has 2 N–H and O–H groups in total. The molecule has 1 heterocycles. The molecule has 0 fully saturated rings. The summed E-state index contributed by atoms with van der Waals surface area (Å²) in [7, 11) is -3.72. The lowest BCUT2D eigenvalue weighted by Gasteiger charge is -2.10. The monoisotopic (exact) mass is 310 g/mol. The highest BCUT2D eigenvalue weighted by atomic mass is 32.2. The number of para-hydroxylation sites is 1. The van der Waals surface area contributed by atoms with E-state index < -0.39 is 20.4 Å². The first-order valence-corrected chi connectivity index (χ1v) is 7.95. The van der Waals surface area contributed by atoms with E-state index in [0.29, 0.717) is 18.8 Å². The molecule has 1 aromatic carbocycles. The normalized spacial score (nSPS) is 11.5. The van der Waals surface area contributed by atoms with Gasteiger partial charge in [0.05, 0.1) is 4.92 Å². The van der Waals surface area contributed by atoms with Gasteiger partial charge >= 0.3 is 5.69 Å². The zero-order valence-electron chi connectivity index (χ0n) is 11.3. The second kappa shape index (κ2) is 5.62. The van der Waals surface area contributed by atoms with E-state index in [9.17, 15) is 18.5 Å². The third kappa shape index (κ3) is 2.93. The molecule has 0 radical (unpaired) electrons. The van der Waals surface area contributed by atoms with E-state index in [1.807, 2.05) is 0 Å².